The van der Waals surface area contributed by atoms with Crippen molar-refractivity contribution in [3.8, 4) is 0 Å². The van der Waals surface area contributed by atoms with E-state index in [2.05, 4.69) is 0 Å². The minimum Gasteiger partial charge on any atom is -0.480 e. The number of aliphatic carboxylic acids is 1. The number of carboxylic acid groups (broad SMARTS) is 1. The lowest BCUT2D eigenvalue weighted by atomic mass is 10.2. The lowest BCUT2D eigenvalue weighted by Gasteiger charge is -2.31. The number of hydrogen-bond donors (Lipinski definition) is 1. The van der Waals surface area contributed by atoms with Gasteiger partial charge in [0.1, 0.15) is 5.60 Å². The van der Waals surface area contributed by atoms with Crippen molar-refractivity contribution in [3.05, 3.63) is 35.9 Å². The molecule has 0 aliphatic heterocycles. The average molecular weight is 335 g/mol. The number of amides is 1. The van der Waals surface area contributed by atoms with Crippen LogP contribution in [0.5, 0.6) is 0 Å². The highest BCUT2D eigenvalue weighted by Gasteiger charge is 2.42. The van der Waals surface area contributed by atoms with E-state index in [1.807, 2.05) is 30.3 Å². The highest BCUT2D eigenvalue weighted by atomic mass is 16.6. The third kappa shape index (κ3) is 5.53. The van der Waals surface area contributed by atoms with E-state index in [1.54, 1.807) is 20.8 Å². The van der Waals surface area contributed by atoms with E-state index in [1.165, 1.54) is 4.90 Å². The van der Waals surface area contributed by atoms with Crippen LogP contribution in [0.15, 0.2) is 30.3 Å². The number of carboxylic acids is 1. The number of ether oxygens (including phenoxy) is 2. The summed E-state index contributed by atoms with van der Waals surface area (Å²) in [5.41, 5.74) is 0.287. The van der Waals surface area contributed by atoms with Crippen LogP contribution in [0.1, 0.15) is 39.2 Å². The predicted octanol–water partition coefficient (Wildman–Crippen LogP) is 3.06. The van der Waals surface area contributed by atoms with Gasteiger partial charge in [0, 0.05) is 6.04 Å². The van der Waals surface area contributed by atoms with Crippen molar-refractivity contribution in [1.82, 2.24) is 4.90 Å². The molecule has 1 amide bonds. The fourth-order valence-corrected chi connectivity index (χ4v) is 2.33. The molecule has 6 heteroatoms. The van der Waals surface area contributed by atoms with Crippen LogP contribution < -0.4 is 0 Å². The number of carbonyl (C=O) groups is 2. The molecule has 1 aliphatic rings. The highest BCUT2D eigenvalue weighted by molar-refractivity contribution is 5.80. The van der Waals surface area contributed by atoms with E-state index in [9.17, 15) is 14.7 Å². The van der Waals surface area contributed by atoms with Gasteiger partial charge < -0.3 is 14.6 Å². The van der Waals surface area contributed by atoms with Crippen molar-refractivity contribution in [2.75, 3.05) is 6.61 Å². The number of carbonyl (C=O) groups excluding carboxylic acids is 1. The molecule has 132 valence electrons. The molecular formula is C18H25NO5. The van der Waals surface area contributed by atoms with Gasteiger partial charge in [-0.3, -0.25) is 4.90 Å². The Morgan fingerprint density at radius 2 is 1.88 bits per heavy atom. The Bertz CT molecular complexity index is 563. The molecule has 24 heavy (non-hydrogen) atoms. The minimum absolute atomic E-state index is 0.0695. The maximum atomic E-state index is 12.4. The van der Waals surface area contributed by atoms with Crippen molar-refractivity contribution >= 4 is 12.1 Å². The summed E-state index contributed by atoms with van der Waals surface area (Å²) in [6.45, 7) is 5.52. The predicted molar refractivity (Wildman–Crippen MR) is 88.6 cm³/mol. The quantitative estimate of drug-likeness (QED) is 0.829. The first-order valence-corrected chi connectivity index (χ1v) is 8.14. The van der Waals surface area contributed by atoms with Gasteiger partial charge in [0.05, 0.1) is 13.2 Å². The zero-order valence-electron chi connectivity index (χ0n) is 14.4. The number of rotatable bonds is 7. The molecule has 1 aromatic rings. The Morgan fingerprint density at radius 1 is 1.25 bits per heavy atom. The van der Waals surface area contributed by atoms with Crippen molar-refractivity contribution in [3.63, 3.8) is 0 Å². The molecule has 0 saturated heterocycles. The van der Waals surface area contributed by atoms with Crippen LogP contribution in [0, 0.1) is 0 Å². The molecule has 1 N–H and O–H groups in total. The van der Waals surface area contributed by atoms with Gasteiger partial charge in [-0.05, 0) is 39.2 Å². The second-order valence-corrected chi connectivity index (χ2v) is 6.97. The summed E-state index contributed by atoms with van der Waals surface area (Å²) in [6, 6.07) is 8.37. The fraction of sp³-hybridized carbons (Fsp3) is 0.556. The molecule has 1 aromatic carbocycles. The van der Waals surface area contributed by atoms with Gasteiger partial charge in [0.2, 0.25) is 0 Å². The minimum atomic E-state index is -1.08. The van der Waals surface area contributed by atoms with Gasteiger partial charge in [-0.15, -0.1) is 0 Å². The van der Waals surface area contributed by atoms with Crippen LogP contribution in [0.2, 0.25) is 0 Å². The summed E-state index contributed by atoms with van der Waals surface area (Å²) >= 11 is 0. The van der Waals surface area contributed by atoms with Crippen molar-refractivity contribution in [2.45, 2.75) is 57.9 Å². The molecule has 1 aliphatic carbocycles. The Hall–Kier alpha value is -2.08. The van der Waals surface area contributed by atoms with Crippen LogP contribution in [0.3, 0.4) is 0 Å². The summed E-state index contributed by atoms with van der Waals surface area (Å²) in [6.07, 6.45) is 0.990. The zero-order chi connectivity index (χ0) is 17.7. The molecule has 1 atom stereocenters. The molecule has 6 nitrogen and oxygen atoms in total. The fourth-order valence-electron chi connectivity index (χ4n) is 2.33. The lowest BCUT2D eigenvalue weighted by molar-refractivity contribution is -0.146. The topological polar surface area (TPSA) is 76.1 Å². The van der Waals surface area contributed by atoms with Gasteiger partial charge in [-0.25, -0.2) is 9.59 Å². The standard InChI is InChI=1S/C18H25NO5/c1-18(2,3)24-17(22)19(14-9-10-14)15(16(20)21)12-23-11-13-7-5-4-6-8-13/h4-8,14-15H,9-12H2,1-3H3,(H,20,21). The number of benzene rings is 1. The van der Waals surface area contributed by atoms with Crippen molar-refractivity contribution < 1.29 is 24.2 Å². The molecule has 0 aromatic heterocycles. The number of nitrogens with zero attached hydrogens (tertiary/aromatic N) is 1. The molecule has 0 heterocycles. The second-order valence-electron chi connectivity index (χ2n) is 6.97. The molecule has 1 unspecified atom stereocenters. The molecule has 0 bridgehead atoms. The van der Waals surface area contributed by atoms with E-state index < -0.39 is 23.7 Å². The van der Waals surface area contributed by atoms with Gasteiger partial charge in [-0.2, -0.15) is 0 Å². The third-order valence-corrected chi connectivity index (χ3v) is 3.55. The maximum absolute atomic E-state index is 12.4. The van der Waals surface area contributed by atoms with Crippen LogP contribution in [-0.2, 0) is 20.9 Å². The van der Waals surface area contributed by atoms with Gasteiger partial charge in [0.25, 0.3) is 0 Å². The van der Waals surface area contributed by atoms with E-state index in [0.717, 1.165) is 18.4 Å². The molecule has 0 spiro atoms. The smallest absolute Gasteiger partial charge is 0.411 e. The first kappa shape index (κ1) is 18.3. The normalized spacial score (nSPS) is 15.6. The monoisotopic (exact) mass is 335 g/mol. The highest BCUT2D eigenvalue weighted by Crippen LogP contribution is 2.30. The summed E-state index contributed by atoms with van der Waals surface area (Å²) in [7, 11) is 0. The summed E-state index contributed by atoms with van der Waals surface area (Å²) in [4.78, 5) is 25.4. The molecule has 0 radical (unpaired) electrons. The zero-order valence-corrected chi connectivity index (χ0v) is 14.4. The molecule has 1 saturated carbocycles. The Balaban J connectivity index is 2.00. The second kappa shape index (κ2) is 7.66. The number of hydrogen-bond acceptors (Lipinski definition) is 4. The van der Waals surface area contributed by atoms with E-state index in [0.29, 0.717) is 6.61 Å². The van der Waals surface area contributed by atoms with Gasteiger partial charge in [-0.1, -0.05) is 30.3 Å². The molecule has 2 rings (SSSR count). The average Bonchev–Trinajstić information content (AvgIpc) is 3.29. The van der Waals surface area contributed by atoms with E-state index >= 15 is 0 Å². The van der Waals surface area contributed by atoms with Crippen molar-refractivity contribution in [1.29, 1.82) is 0 Å². The summed E-state index contributed by atoms with van der Waals surface area (Å²) in [5.74, 6) is -1.08. The molecular weight excluding hydrogens is 310 g/mol. The van der Waals surface area contributed by atoms with Crippen LogP contribution in [0.4, 0.5) is 4.79 Å². The summed E-state index contributed by atoms with van der Waals surface area (Å²) < 4.78 is 10.9. The Kier molecular flexibility index (Phi) is 5.83. The largest absolute Gasteiger partial charge is 0.480 e. The Morgan fingerprint density at radius 3 is 2.38 bits per heavy atom. The van der Waals surface area contributed by atoms with Crippen molar-refractivity contribution in [2.24, 2.45) is 0 Å². The lowest BCUT2D eigenvalue weighted by Crippen LogP contribution is -2.50. The van der Waals surface area contributed by atoms with E-state index in [-0.39, 0.29) is 12.6 Å². The van der Waals surface area contributed by atoms with Gasteiger partial charge in [0.15, 0.2) is 6.04 Å². The Labute approximate surface area is 142 Å². The van der Waals surface area contributed by atoms with Crippen LogP contribution in [-0.4, -0.2) is 46.4 Å². The molecule has 1 fully saturated rings. The van der Waals surface area contributed by atoms with Crippen LogP contribution >= 0.6 is 0 Å². The van der Waals surface area contributed by atoms with Gasteiger partial charge >= 0.3 is 12.1 Å². The third-order valence-electron chi connectivity index (χ3n) is 3.55. The van der Waals surface area contributed by atoms with E-state index in [4.69, 9.17) is 9.47 Å². The summed E-state index contributed by atoms with van der Waals surface area (Å²) in [5, 5.41) is 9.54. The SMILES string of the molecule is CC(C)(C)OC(=O)N(C1CC1)C(COCc1ccccc1)C(=O)O. The maximum Gasteiger partial charge on any atom is 0.411 e. The van der Waals surface area contributed by atoms with Crippen LogP contribution in [0.25, 0.3) is 0 Å². The first-order chi connectivity index (χ1) is 11.3. The first-order valence-electron chi connectivity index (χ1n) is 8.14.